The van der Waals surface area contributed by atoms with Crippen molar-refractivity contribution < 1.29 is 27.9 Å². The van der Waals surface area contributed by atoms with Crippen LogP contribution in [0, 0.1) is 0 Å². The maximum Gasteiger partial charge on any atom is 0.336 e. The van der Waals surface area contributed by atoms with Gasteiger partial charge in [-0.25, -0.2) is 9.59 Å². The van der Waals surface area contributed by atoms with Crippen LogP contribution in [-0.2, 0) is 32.3 Å². The van der Waals surface area contributed by atoms with Crippen molar-refractivity contribution in [1.82, 2.24) is 0 Å². The van der Waals surface area contributed by atoms with E-state index in [1.165, 1.54) is 12.1 Å². The molecule has 2 aromatic heterocycles. The summed E-state index contributed by atoms with van der Waals surface area (Å²) in [7, 11) is 0. The zero-order chi connectivity index (χ0) is 30.2. The van der Waals surface area contributed by atoms with Crippen molar-refractivity contribution in [3.63, 3.8) is 0 Å². The highest BCUT2D eigenvalue weighted by molar-refractivity contribution is 5.85. The molecule has 0 N–H and O–H groups in total. The molecule has 42 heavy (non-hydrogen) atoms. The fourth-order valence-electron chi connectivity index (χ4n) is 4.91. The first-order chi connectivity index (χ1) is 20.3. The number of benzene rings is 2. The summed E-state index contributed by atoms with van der Waals surface area (Å²) >= 11 is 0. The van der Waals surface area contributed by atoms with Crippen molar-refractivity contribution in [2.75, 3.05) is 36.0 Å². The molecule has 2 heterocycles. The normalized spacial score (nSPS) is 11.0. The molecule has 4 rings (SSSR count). The third-order valence-corrected chi connectivity index (χ3v) is 7.20. The van der Waals surface area contributed by atoms with Crippen molar-refractivity contribution in [2.45, 2.75) is 53.8 Å². The van der Waals surface area contributed by atoms with Gasteiger partial charge in [-0.2, -0.15) is 0 Å². The standard InChI is InChI=1S/C32H36N2O8/c1-5-33(6-2)23-9-11-25-21(15-31(37)41-27(25)17-23)19-39-29(35)13-14-30(36)40-20-22-16-32(38)42-28-18-24(10-12-26(22)28)34(7-3)8-4/h9-12,15-18H,5-8,13-14,19-20H2,1-4H3. The van der Waals surface area contributed by atoms with Gasteiger partial charge in [0.15, 0.2) is 0 Å². The summed E-state index contributed by atoms with van der Waals surface area (Å²) in [5.41, 5.74) is 2.63. The van der Waals surface area contributed by atoms with Gasteiger partial charge in [-0.3, -0.25) is 9.59 Å². The second-order valence-corrected chi connectivity index (χ2v) is 9.71. The van der Waals surface area contributed by atoms with Crippen LogP contribution < -0.4 is 21.1 Å². The Bertz CT molecular complexity index is 1560. The number of anilines is 2. The molecule has 0 saturated carbocycles. The topological polar surface area (TPSA) is 119 Å². The molecule has 10 nitrogen and oxygen atoms in total. The first-order valence-electron chi connectivity index (χ1n) is 14.2. The van der Waals surface area contributed by atoms with Crippen molar-refractivity contribution in [1.29, 1.82) is 0 Å². The van der Waals surface area contributed by atoms with Gasteiger partial charge < -0.3 is 28.1 Å². The average molecular weight is 577 g/mol. The summed E-state index contributed by atoms with van der Waals surface area (Å²) in [5.74, 6) is -1.22. The van der Waals surface area contributed by atoms with Crippen LogP contribution in [0.15, 0.2) is 67.0 Å². The van der Waals surface area contributed by atoms with Crippen LogP contribution in [0.3, 0.4) is 0 Å². The van der Waals surface area contributed by atoms with E-state index >= 15 is 0 Å². The molecule has 0 saturated heterocycles. The lowest BCUT2D eigenvalue weighted by atomic mass is 10.1. The Morgan fingerprint density at radius 3 is 1.36 bits per heavy atom. The largest absolute Gasteiger partial charge is 0.461 e. The Balaban J connectivity index is 1.34. The first kappa shape index (κ1) is 30.4. The SMILES string of the molecule is CCN(CC)c1ccc2c(COC(=O)CCC(=O)OCc3cc(=O)oc4cc(N(CC)CC)ccc34)cc(=O)oc2c1. The number of fused-ring (bicyclic) bond motifs is 2. The van der Waals surface area contributed by atoms with Crippen molar-refractivity contribution in [3.8, 4) is 0 Å². The lowest BCUT2D eigenvalue weighted by Crippen LogP contribution is -2.21. The van der Waals surface area contributed by atoms with Crippen molar-refractivity contribution >= 4 is 45.3 Å². The number of hydrogen-bond acceptors (Lipinski definition) is 10. The molecule has 0 radical (unpaired) electrons. The predicted molar refractivity (Wildman–Crippen MR) is 161 cm³/mol. The van der Waals surface area contributed by atoms with E-state index in [1.54, 1.807) is 12.1 Å². The smallest absolute Gasteiger partial charge is 0.336 e. The molecule has 4 aromatic rings. The van der Waals surface area contributed by atoms with E-state index in [4.69, 9.17) is 18.3 Å². The Labute approximate surface area is 243 Å². The van der Waals surface area contributed by atoms with E-state index in [2.05, 4.69) is 9.80 Å². The minimum atomic E-state index is -0.608. The van der Waals surface area contributed by atoms with Gasteiger partial charge >= 0.3 is 23.2 Å². The van der Waals surface area contributed by atoms with Crippen LogP contribution in [0.1, 0.15) is 51.7 Å². The minimum absolute atomic E-state index is 0.137. The van der Waals surface area contributed by atoms with E-state index in [0.29, 0.717) is 33.1 Å². The number of rotatable bonds is 13. The third kappa shape index (κ3) is 7.18. The molecular weight excluding hydrogens is 540 g/mol. The number of hydrogen-bond donors (Lipinski definition) is 0. The first-order valence-corrected chi connectivity index (χ1v) is 14.2. The van der Waals surface area contributed by atoms with Gasteiger partial charge in [0, 0.05) is 83.7 Å². The predicted octanol–water partition coefficient (Wildman–Crippen LogP) is 5.16. The molecule has 222 valence electrons. The van der Waals surface area contributed by atoms with E-state index < -0.39 is 23.2 Å². The number of ether oxygens (including phenoxy) is 2. The number of esters is 2. The fourth-order valence-corrected chi connectivity index (χ4v) is 4.91. The van der Waals surface area contributed by atoms with Crippen LogP contribution in [0.5, 0.6) is 0 Å². The molecule has 0 fully saturated rings. The van der Waals surface area contributed by atoms with E-state index in [9.17, 15) is 19.2 Å². The molecule has 0 aliphatic carbocycles. The van der Waals surface area contributed by atoms with Gasteiger partial charge in [0.05, 0.1) is 12.8 Å². The molecule has 0 unspecified atom stereocenters. The second kappa shape index (κ2) is 13.8. The summed E-state index contributed by atoms with van der Waals surface area (Å²) in [4.78, 5) is 53.3. The number of nitrogens with zero attached hydrogens (tertiary/aromatic N) is 2. The molecule has 0 atom stereocenters. The molecule has 2 aromatic carbocycles. The summed E-state index contributed by atoms with van der Waals surface area (Å²) in [5, 5.41) is 1.34. The lowest BCUT2D eigenvalue weighted by molar-refractivity contribution is -0.151. The Morgan fingerprint density at radius 1 is 0.619 bits per heavy atom. The lowest BCUT2D eigenvalue weighted by Gasteiger charge is -2.21. The summed E-state index contributed by atoms with van der Waals surface area (Å²) in [6.45, 7) is 11.1. The fraction of sp³-hybridized carbons (Fsp3) is 0.375. The molecule has 0 aliphatic rings. The van der Waals surface area contributed by atoms with E-state index in [-0.39, 0.29) is 26.1 Å². The van der Waals surface area contributed by atoms with Gasteiger partial charge in [-0.1, -0.05) is 0 Å². The third-order valence-electron chi connectivity index (χ3n) is 7.20. The van der Waals surface area contributed by atoms with Crippen molar-refractivity contribution in [2.24, 2.45) is 0 Å². The van der Waals surface area contributed by atoms with E-state index in [1.807, 2.05) is 52.0 Å². The molecule has 0 aliphatic heterocycles. The van der Waals surface area contributed by atoms with Gasteiger partial charge in [0.25, 0.3) is 0 Å². The Kier molecular flexibility index (Phi) is 10.0. The molecule has 0 bridgehead atoms. The zero-order valence-corrected chi connectivity index (χ0v) is 24.4. The maximum atomic E-state index is 12.4. The summed E-state index contributed by atoms with van der Waals surface area (Å²) < 4.78 is 21.5. The summed E-state index contributed by atoms with van der Waals surface area (Å²) in [6, 6.07) is 13.7. The maximum absolute atomic E-state index is 12.4. The van der Waals surface area contributed by atoms with Gasteiger partial charge in [-0.15, -0.1) is 0 Å². The monoisotopic (exact) mass is 576 g/mol. The number of carbonyl (C=O) groups excluding carboxylic acids is 2. The Morgan fingerprint density at radius 2 is 1.00 bits per heavy atom. The van der Waals surface area contributed by atoms with Crippen LogP contribution in [0.4, 0.5) is 11.4 Å². The summed E-state index contributed by atoms with van der Waals surface area (Å²) in [6.07, 6.45) is -0.398. The van der Waals surface area contributed by atoms with Crippen LogP contribution >= 0.6 is 0 Å². The van der Waals surface area contributed by atoms with E-state index in [0.717, 1.165) is 37.6 Å². The minimum Gasteiger partial charge on any atom is -0.461 e. The van der Waals surface area contributed by atoms with Crippen LogP contribution in [0.25, 0.3) is 21.9 Å². The van der Waals surface area contributed by atoms with Crippen molar-refractivity contribution in [3.05, 3.63) is 80.5 Å². The molecular formula is C32H36N2O8. The highest BCUT2D eigenvalue weighted by Crippen LogP contribution is 2.26. The average Bonchev–Trinajstić information content (AvgIpc) is 2.98. The van der Waals surface area contributed by atoms with Gasteiger partial charge in [-0.05, 0) is 52.0 Å². The van der Waals surface area contributed by atoms with Crippen LogP contribution in [0.2, 0.25) is 0 Å². The molecule has 10 heteroatoms. The zero-order valence-electron chi connectivity index (χ0n) is 24.4. The quantitative estimate of drug-likeness (QED) is 0.156. The van der Waals surface area contributed by atoms with Gasteiger partial charge in [0.2, 0.25) is 0 Å². The second-order valence-electron chi connectivity index (χ2n) is 9.71. The highest BCUT2D eigenvalue weighted by Gasteiger charge is 2.15. The van der Waals surface area contributed by atoms with Gasteiger partial charge in [0.1, 0.15) is 24.4 Å². The van der Waals surface area contributed by atoms with Crippen LogP contribution in [-0.4, -0.2) is 38.1 Å². The highest BCUT2D eigenvalue weighted by atomic mass is 16.5. The molecule has 0 spiro atoms. The Hall–Kier alpha value is -4.60. The molecule has 0 amide bonds. The number of carbonyl (C=O) groups is 2.